The molecule has 1 amide bonds. The van der Waals surface area contributed by atoms with E-state index in [-0.39, 0.29) is 12.3 Å². The molecule has 1 heterocycles. The van der Waals surface area contributed by atoms with Gasteiger partial charge in [-0.1, -0.05) is 6.92 Å². The number of aliphatic carboxylic acids is 1. The summed E-state index contributed by atoms with van der Waals surface area (Å²) in [6.45, 7) is 3.27. The zero-order valence-corrected chi connectivity index (χ0v) is 9.69. The van der Waals surface area contributed by atoms with E-state index in [4.69, 9.17) is 10.8 Å². The first-order chi connectivity index (χ1) is 7.54. The molecule has 16 heavy (non-hydrogen) atoms. The number of hydrogen-bond donors (Lipinski definition) is 2. The topological polar surface area (TPSA) is 83.6 Å². The number of amides is 1. The summed E-state index contributed by atoms with van der Waals surface area (Å²) < 4.78 is 0. The number of nitrogens with two attached hydrogens (primary N) is 1. The molecule has 1 rings (SSSR count). The van der Waals surface area contributed by atoms with E-state index >= 15 is 0 Å². The molecule has 92 valence electrons. The summed E-state index contributed by atoms with van der Waals surface area (Å²) in [6, 6.07) is -0.404. The molecule has 0 radical (unpaired) electrons. The van der Waals surface area contributed by atoms with Crippen molar-refractivity contribution in [1.82, 2.24) is 4.90 Å². The van der Waals surface area contributed by atoms with Crippen LogP contribution in [0.5, 0.6) is 0 Å². The minimum absolute atomic E-state index is 0.000301. The van der Waals surface area contributed by atoms with Crippen molar-refractivity contribution in [2.75, 3.05) is 13.1 Å². The Hall–Kier alpha value is -1.10. The van der Waals surface area contributed by atoms with Crippen LogP contribution in [0.1, 0.15) is 32.6 Å². The highest BCUT2D eigenvalue weighted by atomic mass is 16.4. The van der Waals surface area contributed by atoms with Gasteiger partial charge < -0.3 is 15.7 Å². The summed E-state index contributed by atoms with van der Waals surface area (Å²) in [6.07, 6.45) is 2.39. The van der Waals surface area contributed by atoms with Gasteiger partial charge in [-0.15, -0.1) is 0 Å². The van der Waals surface area contributed by atoms with Crippen molar-refractivity contribution in [2.45, 2.75) is 38.6 Å². The lowest BCUT2D eigenvalue weighted by molar-refractivity contribution is -0.137. The van der Waals surface area contributed by atoms with Crippen LogP contribution in [0, 0.1) is 5.92 Å². The summed E-state index contributed by atoms with van der Waals surface area (Å²) in [5, 5.41) is 8.57. The van der Waals surface area contributed by atoms with Crippen LogP contribution in [0.15, 0.2) is 0 Å². The second-order valence-electron chi connectivity index (χ2n) is 4.39. The molecule has 1 unspecified atom stereocenters. The van der Waals surface area contributed by atoms with Gasteiger partial charge in [0, 0.05) is 19.5 Å². The van der Waals surface area contributed by atoms with Crippen molar-refractivity contribution >= 4 is 11.9 Å². The summed E-state index contributed by atoms with van der Waals surface area (Å²) in [7, 11) is 0. The zero-order chi connectivity index (χ0) is 12.1. The van der Waals surface area contributed by atoms with Crippen molar-refractivity contribution in [3.63, 3.8) is 0 Å². The van der Waals surface area contributed by atoms with E-state index in [0.717, 1.165) is 13.0 Å². The average molecular weight is 228 g/mol. The molecular weight excluding hydrogens is 208 g/mol. The van der Waals surface area contributed by atoms with Crippen LogP contribution >= 0.6 is 0 Å². The fourth-order valence-electron chi connectivity index (χ4n) is 2.01. The number of carboxylic acids is 1. The van der Waals surface area contributed by atoms with Gasteiger partial charge in [0.15, 0.2) is 0 Å². The molecule has 5 heteroatoms. The molecule has 0 aromatic carbocycles. The molecule has 3 N–H and O–H groups in total. The summed E-state index contributed by atoms with van der Waals surface area (Å²) in [5.74, 6) is -0.445. The van der Waals surface area contributed by atoms with Crippen molar-refractivity contribution < 1.29 is 14.7 Å². The Kier molecular flexibility index (Phi) is 4.73. The predicted octanol–water partition coefficient (Wildman–Crippen LogP) is 0.437. The SMILES string of the molecule is CC[C@@H](N)C(=O)N1CCC(CCC(=O)O)C1. The maximum atomic E-state index is 11.7. The molecule has 0 bridgehead atoms. The summed E-state index contributed by atoms with van der Waals surface area (Å²) in [4.78, 5) is 23.9. The smallest absolute Gasteiger partial charge is 0.303 e. The largest absolute Gasteiger partial charge is 0.481 e. The standard InChI is InChI=1S/C11H20N2O3/c1-2-9(12)11(16)13-6-5-8(7-13)3-4-10(14)15/h8-9H,2-7,12H2,1H3,(H,14,15)/t8?,9-/m1/s1. The number of hydrogen-bond acceptors (Lipinski definition) is 3. The third-order valence-corrected chi connectivity index (χ3v) is 3.12. The first-order valence-electron chi connectivity index (χ1n) is 5.80. The van der Waals surface area contributed by atoms with E-state index in [9.17, 15) is 9.59 Å². The molecule has 5 nitrogen and oxygen atoms in total. The first-order valence-corrected chi connectivity index (χ1v) is 5.80. The molecule has 1 saturated heterocycles. The van der Waals surface area contributed by atoms with Gasteiger partial charge in [-0.05, 0) is 25.2 Å². The Labute approximate surface area is 95.6 Å². The van der Waals surface area contributed by atoms with Gasteiger partial charge in [0.05, 0.1) is 6.04 Å². The number of nitrogens with zero attached hydrogens (tertiary/aromatic N) is 1. The minimum Gasteiger partial charge on any atom is -0.481 e. The number of rotatable bonds is 5. The Balaban J connectivity index is 2.34. The molecule has 0 aliphatic carbocycles. The van der Waals surface area contributed by atoms with Gasteiger partial charge in [0.25, 0.3) is 0 Å². The van der Waals surface area contributed by atoms with Crippen LogP contribution < -0.4 is 5.73 Å². The molecule has 2 atom stereocenters. The van der Waals surface area contributed by atoms with Gasteiger partial charge in [-0.25, -0.2) is 0 Å². The molecular formula is C11H20N2O3. The normalized spacial score (nSPS) is 22.1. The third-order valence-electron chi connectivity index (χ3n) is 3.12. The monoisotopic (exact) mass is 228 g/mol. The Morgan fingerprint density at radius 2 is 2.25 bits per heavy atom. The van der Waals surface area contributed by atoms with Crippen LogP contribution in [-0.4, -0.2) is 41.0 Å². The van der Waals surface area contributed by atoms with Crippen molar-refractivity contribution in [3.8, 4) is 0 Å². The van der Waals surface area contributed by atoms with Gasteiger partial charge >= 0.3 is 5.97 Å². The fourth-order valence-corrected chi connectivity index (χ4v) is 2.01. The van der Waals surface area contributed by atoms with Gasteiger partial charge in [-0.3, -0.25) is 9.59 Å². The van der Waals surface area contributed by atoms with Crippen LogP contribution in [0.3, 0.4) is 0 Å². The summed E-state index contributed by atoms with van der Waals surface area (Å²) >= 11 is 0. The van der Waals surface area contributed by atoms with Crippen LogP contribution in [0.2, 0.25) is 0 Å². The van der Waals surface area contributed by atoms with Crippen LogP contribution in [0.25, 0.3) is 0 Å². The highest BCUT2D eigenvalue weighted by Gasteiger charge is 2.28. The second-order valence-corrected chi connectivity index (χ2v) is 4.39. The number of likely N-dealkylation sites (tertiary alicyclic amines) is 1. The Morgan fingerprint density at radius 1 is 1.56 bits per heavy atom. The minimum atomic E-state index is -0.768. The van der Waals surface area contributed by atoms with E-state index in [1.54, 1.807) is 4.90 Å². The lowest BCUT2D eigenvalue weighted by atomic mass is 10.0. The van der Waals surface area contributed by atoms with E-state index in [1.807, 2.05) is 6.92 Å². The fraction of sp³-hybridized carbons (Fsp3) is 0.818. The van der Waals surface area contributed by atoms with E-state index in [2.05, 4.69) is 0 Å². The number of carboxylic acid groups (broad SMARTS) is 1. The number of carbonyl (C=O) groups excluding carboxylic acids is 1. The highest BCUT2D eigenvalue weighted by Crippen LogP contribution is 2.21. The van der Waals surface area contributed by atoms with Gasteiger partial charge in [0.2, 0.25) is 5.91 Å². The highest BCUT2D eigenvalue weighted by molar-refractivity contribution is 5.81. The maximum absolute atomic E-state index is 11.7. The van der Waals surface area contributed by atoms with E-state index in [1.165, 1.54) is 0 Å². The molecule has 0 aromatic rings. The Morgan fingerprint density at radius 3 is 2.81 bits per heavy atom. The maximum Gasteiger partial charge on any atom is 0.303 e. The van der Waals surface area contributed by atoms with Crippen molar-refractivity contribution in [1.29, 1.82) is 0 Å². The molecule has 1 fully saturated rings. The molecule has 0 saturated carbocycles. The second kappa shape index (κ2) is 5.84. The molecule has 0 spiro atoms. The lowest BCUT2D eigenvalue weighted by Gasteiger charge is -2.19. The quantitative estimate of drug-likeness (QED) is 0.715. The number of carbonyl (C=O) groups is 2. The average Bonchev–Trinajstić information content (AvgIpc) is 2.72. The summed E-state index contributed by atoms with van der Waals surface area (Å²) in [5.41, 5.74) is 5.68. The molecule has 1 aliphatic rings. The first kappa shape index (κ1) is 13.0. The van der Waals surface area contributed by atoms with Crippen LogP contribution in [-0.2, 0) is 9.59 Å². The van der Waals surface area contributed by atoms with E-state index in [0.29, 0.717) is 25.3 Å². The van der Waals surface area contributed by atoms with E-state index < -0.39 is 12.0 Å². The molecule has 1 aliphatic heterocycles. The Bertz CT molecular complexity index is 268. The van der Waals surface area contributed by atoms with Crippen LogP contribution in [0.4, 0.5) is 0 Å². The van der Waals surface area contributed by atoms with Gasteiger partial charge in [0.1, 0.15) is 0 Å². The van der Waals surface area contributed by atoms with Crippen molar-refractivity contribution in [2.24, 2.45) is 11.7 Å². The predicted molar refractivity (Wildman–Crippen MR) is 59.8 cm³/mol. The third kappa shape index (κ3) is 3.48. The van der Waals surface area contributed by atoms with Crippen molar-refractivity contribution in [3.05, 3.63) is 0 Å². The molecule has 0 aromatic heterocycles. The lowest BCUT2D eigenvalue weighted by Crippen LogP contribution is -2.42. The zero-order valence-electron chi connectivity index (χ0n) is 9.69. The van der Waals surface area contributed by atoms with Gasteiger partial charge in [-0.2, -0.15) is 0 Å².